The molecule has 0 aliphatic heterocycles. The predicted octanol–water partition coefficient (Wildman–Crippen LogP) is 4.57. The minimum Gasteiger partial charge on any atom is -0.497 e. The van der Waals surface area contributed by atoms with Crippen LogP contribution in [0.3, 0.4) is 0 Å². The molecule has 0 heterocycles. The summed E-state index contributed by atoms with van der Waals surface area (Å²) in [5.41, 5.74) is -0.115. The highest BCUT2D eigenvalue weighted by atomic mass is 19.3. The number of benzene rings is 1. The average molecular weight is 439 g/mol. The van der Waals surface area contributed by atoms with Gasteiger partial charge >= 0.3 is 17.9 Å². The monoisotopic (exact) mass is 438 g/mol. The van der Waals surface area contributed by atoms with E-state index < -0.39 is 30.0 Å². The van der Waals surface area contributed by atoms with Crippen molar-refractivity contribution >= 4 is 11.9 Å². The van der Waals surface area contributed by atoms with Crippen LogP contribution < -0.4 is 10.1 Å². The molecule has 1 aromatic rings. The van der Waals surface area contributed by atoms with Crippen molar-refractivity contribution in [2.24, 2.45) is 0 Å². The van der Waals surface area contributed by atoms with E-state index in [1.807, 2.05) is 0 Å². The summed E-state index contributed by atoms with van der Waals surface area (Å²) in [7, 11) is 1.44. The average Bonchev–Trinajstić information content (AvgIpc) is 2.80. The van der Waals surface area contributed by atoms with Crippen molar-refractivity contribution < 1.29 is 28.2 Å². The van der Waals surface area contributed by atoms with Crippen molar-refractivity contribution in [3.63, 3.8) is 0 Å². The summed E-state index contributed by atoms with van der Waals surface area (Å²) in [4.78, 5) is 26.7. The zero-order valence-electron chi connectivity index (χ0n) is 18.0. The summed E-state index contributed by atoms with van der Waals surface area (Å²) in [5.74, 6) is -5.34. The Balaban J connectivity index is 1.81. The van der Waals surface area contributed by atoms with Gasteiger partial charge in [0.05, 0.1) is 7.11 Å². The topological polar surface area (TPSA) is 78.9 Å². The molecule has 2 fully saturated rings. The quantitative estimate of drug-likeness (QED) is 0.682. The number of ether oxygens (including phenoxy) is 1. The number of methoxy groups -OCH3 is 1. The Bertz CT molecular complexity index is 744. The molecular weight excluding hydrogens is 406 g/mol. The van der Waals surface area contributed by atoms with Gasteiger partial charge in [0.1, 0.15) is 5.75 Å². The number of alkyl halides is 2. The summed E-state index contributed by atoms with van der Waals surface area (Å²) in [6.07, 6.45) is 5.72. The maximum absolute atomic E-state index is 15.2. The Morgan fingerprint density at radius 2 is 1.58 bits per heavy atom. The first-order valence-corrected chi connectivity index (χ1v) is 11.2. The third kappa shape index (κ3) is 5.53. The van der Waals surface area contributed by atoms with E-state index in [0.29, 0.717) is 23.5 Å². The highest BCUT2D eigenvalue weighted by Gasteiger charge is 2.52. The molecule has 0 saturated heterocycles. The number of carbonyl (C=O) groups is 2. The van der Waals surface area contributed by atoms with Crippen molar-refractivity contribution in [3.8, 4) is 5.75 Å². The van der Waals surface area contributed by atoms with Crippen molar-refractivity contribution in [1.82, 2.24) is 10.2 Å². The standard InChI is InChI=1S/C23H32F2N2O4/c1-31-19-14-12-16(13-15-19)20(28)23(24,25)21(29)27(18-10-6-3-7-11-18)22(30)26-17-8-4-2-5-9-17/h12-15,17-18,20,28H,2-11H2,1H3,(H,26,30). The van der Waals surface area contributed by atoms with Gasteiger partial charge in [-0.3, -0.25) is 9.69 Å². The van der Waals surface area contributed by atoms with E-state index in [-0.39, 0.29) is 11.6 Å². The molecule has 2 N–H and O–H groups in total. The molecule has 2 saturated carbocycles. The molecule has 0 spiro atoms. The lowest BCUT2D eigenvalue weighted by molar-refractivity contribution is -0.175. The number of amides is 3. The van der Waals surface area contributed by atoms with Gasteiger partial charge in [0.25, 0.3) is 0 Å². The molecule has 8 heteroatoms. The minimum atomic E-state index is -4.14. The molecule has 172 valence electrons. The van der Waals surface area contributed by atoms with Crippen LogP contribution in [-0.2, 0) is 4.79 Å². The Kier molecular flexibility index (Phi) is 7.86. The van der Waals surface area contributed by atoms with Crippen molar-refractivity contribution in [1.29, 1.82) is 0 Å². The molecule has 6 nitrogen and oxygen atoms in total. The fourth-order valence-electron chi connectivity index (χ4n) is 4.53. The number of hydrogen-bond acceptors (Lipinski definition) is 4. The number of urea groups is 1. The van der Waals surface area contributed by atoms with E-state index in [9.17, 15) is 14.7 Å². The third-order valence-electron chi connectivity index (χ3n) is 6.37. The van der Waals surface area contributed by atoms with Crippen LogP contribution >= 0.6 is 0 Å². The first-order chi connectivity index (χ1) is 14.8. The largest absolute Gasteiger partial charge is 0.497 e. The van der Waals surface area contributed by atoms with Crippen molar-refractivity contribution in [2.45, 2.75) is 88.3 Å². The predicted molar refractivity (Wildman–Crippen MR) is 112 cm³/mol. The summed E-state index contributed by atoms with van der Waals surface area (Å²) in [6.45, 7) is 0. The second-order valence-electron chi connectivity index (χ2n) is 8.55. The Labute approximate surface area is 181 Å². The van der Waals surface area contributed by atoms with Crippen molar-refractivity contribution in [3.05, 3.63) is 29.8 Å². The molecule has 31 heavy (non-hydrogen) atoms. The maximum Gasteiger partial charge on any atom is 0.354 e. The highest BCUT2D eigenvalue weighted by Crippen LogP contribution is 2.36. The lowest BCUT2D eigenvalue weighted by atomic mass is 9.92. The number of imide groups is 1. The summed E-state index contributed by atoms with van der Waals surface area (Å²) in [6, 6.07) is 3.99. The second-order valence-corrected chi connectivity index (χ2v) is 8.55. The molecule has 1 atom stereocenters. The smallest absolute Gasteiger partial charge is 0.354 e. The summed E-state index contributed by atoms with van der Waals surface area (Å²) in [5, 5.41) is 13.2. The van der Waals surface area contributed by atoms with E-state index in [2.05, 4.69) is 5.32 Å². The molecule has 0 aromatic heterocycles. The molecule has 0 bridgehead atoms. The number of nitrogens with zero attached hydrogens (tertiary/aromatic N) is 1. The molecule has 2 aliphatic rings. The molecular formula is C23H32F2N2O4. The highest BCUT2D eigenvalue weighted by molar-refractivity contribution is 5.99. The SMILES string of the molecule is COc1ccc(C(O)C(F)(F)C(=O)N(C(=O)NC2CCCCC2)C2CCCCC2)cc1. The molecule has 3 rings (SSSR count). The second kappa shape index (κ2) is 10.4. The molecule has 3 amide bonds. The lowest BCUT2D eigenvalue weighted by Crippen LogP contribution is -2.58. The van der Waals surface area contributed by atoms with Crippen LogP contribution in [0.15, 0.2) is 24.3 Å². The lowest BCUT2D eigenvalue weighted by Gasteiger charge is -2.37. The Morgan fingerprint density at radius 1 is 1.03 bits per heavy atom. The summed E-state index contributed by atoms with van der Waals surface area (Å²) < 4.78 is 35.3. The fraction of sp³-hybridized carbons (Fsp3) is 0.652. The number of aliphatic hydroxyl groups is 1. The zero-order chi connectivity index (χ0) is 22.4. The van der Waals surface area contributed by atoms with Crippen LogP contribution in [0.5, 0.6) is 5.75 Å². The number of carbonyl (C=O) groups excluding carboxylic acids is 2. The van der Waals surface area contributed by atoms with E-state index in [1.165, 1.54) is 31.4 Å². The van der Waals surface area contributed by atoms with E-state index >= 15 is 8.78 Å². The minimum absolute atomic E-state index is 0.111. The van der Waals surface area contributed by atoms with E-state index in [4.69, 9.17) is 4.74 Å². The Morgan fingerprint density at radius 3 is 2.13 bits per heavy atom. The fourth-order valence-corrected chi connectivity index (χ4v) is 4.53. The van der Waals surface area contributed by atoms with Crippen molar-refractivity contribution in [2.75, 3.05) is 7.11 Å². The van der Waals surface area contributed by atoms with Gasteiger partial charge in [0.15, 0.2) is 6.10 Å². The van der Waals surface area contributed by atoms with Gasteiger partial charge < -0.3 is 15.2 Å². The van der Waals surface area contributed by atoms with Crippen LogP contribution in [0.1, 0.15) is 75.9 Å². The number of hydrogen-bond donors (Lipinski definition) is 2. The molecule has 0 radical (unpaired) electrons. The number of rotatable bonds is 6. The van der Waals surface area contributed by atoms with Gasteiger partial charge in [-0.1, -0.05) is 50.7 Å². The van der Waals surface area contributed by atoms with E-state index in [1.54, 1.807) is 0 Å². The Hall–Kier alpha value is -2.22. The maximum atomic E-state index is 15.2. The number of halogens is 2. The van der Waals surface area contributed by atoms with Gasteiger partial charge in [-0.15, -0.1) is 0 Å². The zero-order valence-corrected chi connectivity index (χ0v) is 18.0. The number of nitrogens with one attached hydrogen (secondary N) is 1. The van der Waals surface area contributed by atoms with Gasteiger partial charge in [-0.25, -0.2) is 4.79 Å². The number of aliphatic hydroxyl groups excluding tert-OH is 1. The molecule has 1 unspecified atom stereocenters. The molecule has 2 aliphatic carbocycles. The van der Waals surface area contributed by atoms with E-state index in [0.717, 1.165) is 51.4 Å². The van der Waals surface area contributed by atoms with Gasteiger partial charge in [0, 0.05) is 12.1 Å². The normalized spacial score (nSPS) is 19.5. The third-order valence-corrected chi connectivity index (χ3v) is 6.37. The van der Waals surface area contributed by atoms with Gasteiger partial charge in [-0.05, 0) is 43.4 Å². The first kappa shape index (κ1) is 23.4. The molecule has 1 aromatic carbocycles. The first-order valence-electron chi connectivity index (χ1n) is 11.2. The summed E-state index contributed by atoms with van der Waals surface area (Å²) >= 11 is 0. The van der Waals surface area contributed by atoms with Gasteiger partial charge in [0.2, 0.25) is 0 Å². The van der Waals surface area contributed by atoms with Crippen LogP contribution in [0.2, 0.25) is 0 Å². The van der Waals surface area contributed by atoms with Gasteiger partial charge in [-0.2, -0.15) is 8.78 Å². The van der Waals surface area contributed by atoms with Crippen LogP contribution in [0.25, 0.3) is 0 Å². The van der Waals surface area contributed by atoms with Crippen LogP contribution in [0, 0.1) is 0 Å². The van der Waals surface area contributed by atoms with Crippen LogP contribution in [-0.4, -0.2) is 47.1 Å². The van der Waals surface area contributed by atoms with Crippen LogP contribution in [0.4, 0.5) is 13.6 Å².